The van der Waals surface area contributed by atoms with Gasteiger partial charge in [0.15, 0.2) is 5.82 Å². The number of allylic oxidation sites excluding steroid dienone is 1. The van der Waals surface area contributed by atoms with Gasteiger partial charge in [-0.05, 0) is 39.8 Å². The van der Waals surface area contributed by atoms with E-state index in [1.165, 1.54) is 35.3 Å². The van der Waals surface area contributed by atoms with Crippen LogP contribution in [0.2, 0.25) is 5.02 Å². The van der Waals surface area contributed by atoms with Gasteiger partial charge in [-0.2, -0.15) is 4.68 Å². The number of carboxylic acids is 1. The molecule has 0 saturated heterocycles. The Balaban J connectivity index is 2.00. The SMILES string of the molecule is C=C1CC(C(=O)O)n2c1cc(-c1c(-n3cnnn3)ccc(Cl)c1F)cc2=O. The molecule has 4 rings (SSSR count). The topological polar surface area (TPSA) is 103 Å². The number of fused-ring (bicyclic) bond motifs is 1. The molecule has 3 heterocycles. The van der Waals surface area contributed by atoms with Crippen molar-refractivity contribution in [1.82, 2.24) is 24.8 Å². The Kier molecular flexibility index (Phi) is 3.88. The minimum atomic E-state index is -1.13. The number of hydrogen-bond acceptors (Lipinski definition) is 5. The largest absolute Gasteiger partial charge is 0.480 e. The number of benzene rings is 1. The number of rotatable bonds is 3. The van der Waals surface area contributed by atoms with Crippen molar-refractivity contribution in [2.75, 3.05) is 0 Å². The highest BCUT2D eigenvalue weighted by Crippen LogP contribution is 2.37. The zero-order chi connectivity index (χ0) is 19.3. The molecule has 1 aliphatic heterocycles. The Morgan fingerprint density at radius 1 is 1.37 bits per heavy atom. The Hall–Kier alpha value is -3.33. The van der Waals surface area contributed by atoms with Crippen molar-refractivity contribution in [1.29, 1.82) is 0 Å². The summed E-state index contributed by atoms with van der Waals surface area (Å²) in [5.74, 6) is -1.87. The second kappa shape index (κ2) is 6.13. The minimum absolute atomic E-state index is 0.0295. The van der Waals surface area contributed by atoms with Crippen LogP contribution in [-0.2, 0) is 4.79 Å². The first-order chi connectivity index (χ1) is 12.9. The fourth-order valence-corrected chi connectivity index (χ4v) is 3.38. The van der Waals surface area contributed by atoms with Gasteiger partial charge in [0.25, 0.3) is 5.56 Å². The van der Waals surface area contributed by atoms with Crippen LogP contribution in [0.15, 0.2) is 42.0 Å². The maximum absolute atomic E-state index is 14.9. The van der Waals surface area contributed by atoms with E-state index in [-0.39, 0.29) is 28.3 Å². The van der Waals surface area contributed by atoms with Crippen molar-refractivity contribution >= 4 is 23.1 Å². The molecule has 136 valence electrons. The number of halogens is 2. The number of tetrazole rings is 1. The van der Waals surface area contributed by atoms with E-state index >= 15 is 0 Å². The maximum Gasteiger partial charge on any atom is 0.327 e. The van der Waals surface area contributed by atoms with Gasteiger partial charge in [-0.25, -0.2) is 9.18 Å². The second-order valence-electron chi connectivity index (χ2n) is 6.01. The average molecular weight is 388 g/mol. The lowest BCUT2D eigenvalue weighted by atomic mass is 10.0. The fourth-order valence-electron chi connectivity index (χ4n) is 3.22. The molecule has 0 radical (unpaired) electrons. The Bertz CT molecular complexity index is 1160. The van der Waals surface area contributed by atoms with Crippen LogP contribution in [0.3, 0.4) is 0 Å². The first kappa shape index (κ1) is 17.1. The van der Waals surface area contributed by atoms with Crippen molar-refractivity contribution < 1.29 is 14.3 Å². The first-order valence-corrected chi connectivity index (χ1v) is 8.15. The Morgan fingerprint density at radius 3 is 2.81 bits per heavy atom. The molecule has 1 aliphatic rings. The summed E-state index contributed by atoms with van der Waals surface area (Å²) in [6.45, 7) is 3.84. The van der Waals surface area contributed by atoms with Crippen molar-refractivity contribution in [2.24, 2.45) is 0 Å². The van der Waals surface area contributed by atoms with Crippen molar-refractivity contribution in [3.8, 4) is 16.8 Å². The van der Waals surface area contributed by atoms with E-state index in [9.17, 15) is 19.1 Å². The van der Waals surface area contributed by atoms with E-state index < -0.39 is 23.4 Å². The third-order valence-electron chi connectivity index (χ3n) is 4.42. The number of aliphatic carboxylic acids is 1. The molecule has 0 bridgehead atoms. The highest BCUT2D eigenvalue weighted by molar-refractivity contribution is 6.31. The van der Waals surface area contributed by atoms with E-state index in [4.69, 9.17) is 11.6 Å². The molecule has 1 atom stereocenters. The smallest absolute Gasteiger partial charge is 0.327 e. The number of nitrogens with zero attached hydrogens (tertiary/aromatic N) is 5. The number of aromatic nitrogens is 5. The van der Waals surface area contributed by atoms with Gasteiger partial charge in [-0.3, -0.25) is 9.36 Å². The summed E-state index contributed by atoms with van der Waals surface area (Å²) in [4.78, 5) is 24.0. The van der Waals surface area contributed by atoms with Crippen LogP contribution in [0.5, 0.6) is 0 Å². The van der Waals surface area contributed by atoms with Gasteiger partial charge in [0.2, 0.25) is 0 Å². The molecular weight excluding hydrogens is 377 g/mol. The molecule has 0 saturated carbocycles. The summed E-state index contributed by atoms with van der Waals surface area (Å²) in [6.07, 6.45) is 1.39. The molecule has 0 amide bonds. The molecule has 0 fully saturated rings. The Morgan fingerprint density at radius 2 is 2.15 bits per heavy atom. The lowest BCUT2D eigenvalue weighted by Crippen LogP contribution is -2.27. The molecule has 1 N–H and O–H groups in total. The normalized spacial score (nSPS) is 15.8. The highest BCUT2D eigenvalue weighted by Gasteiger charge is 2.32. The predicted molar refractivity (Wildman–Crippen MR) is 94.1 cm³/mol. The van der Waals surface area contributed by atoms with Gasteiger partial charge >= 0.3 is 5.97 Å². The standard InChI is InChI=1S/C17H11ClFN5O3/c1-8-4-13(17(26)27)24-12(8)5-9(6-14(24)25)15-11(23-7-20-21-22-23)3-2-10(18)16(15)19/h2-3,5-7,13H,1,4H2,(H,26,27). The average Bonchev–Trinajstić information content (AvgIpc) is 3.26. The Labute approximate surface area is 156 Å². The third-order valence-corrected chi connectivity index (χ3v) is 4.72. The van der Waals surface area contributed by atoms with Crippen molar-refractivity contribution in [3.63, 3.8) is 0 Å². The zero-order valence-electron chi connectivity index (χ0n) is 13.6. The van der Waals surface area contributed by atoms with Gasteiger partial charge in [-0.15, -0.1) is 5.10 Å². The molecule has 10 heteroatoms. The minimum Gasteiger partial charge on any atom is -0.480 e. The quantitative estimate of drug-likeness (QED) is 0.739. The van der Waals surface area contributed by atoms with E-state index in [0.717, 1.165) is 4.57 Å². The van der Waals surface area contributed by atoms with E-state index in [2.05, 4.69) is 22.1 Å². The number of carboxylic acid groups (broad SMARTS) is 1. The van der Waals surface area contributed by atoms with Gasteiger partial charge in [0, 0.05) is 23.7 Å². The van der Waals surface area contributed by atoms with Gasteiger partial charge in [0.05, 0.1) is 10.7 Å². The van der Waals surface area contributed by atoms with Crippen LogP contribution < -0.4 is 5.56 Å². The second-order valence-corrected chi connectivity index (χ2v) is 6.42. The van der Waals surface area contributed by atoms with Crippen LogP contribution in [0.1, 0.15) is 18.2 Å². The summed E-state index contributed by atoms with van der Waals surface area (Å²) in [5, 5.41) is 20.0. The summed E-state index contributed by atoms with van der Waals surface area (Å²) in [7, 11) is 0. The summed E-state index contributed by atoms with van der Waals surface area (Å²) >= 11 is 5.93. The van der Waals surface area contributed by atoms with Crippen LogP contribution in [0.4, 0.5) is 4.39 Å². The van der Waals surface area contributed by atoms with E-state index in [1.54, 1.807) is 0 Å². The number of hydrogen-bond donors (Lipinski definition) is 1. The molecule has 27 heavy (non-hydrogen) atoms. The lowest BCUT2D eigenvalue weighted by molar-refractivity contribution is -0.140. The van der Waals surface area contributed by atoms with Crippen molar-refractivity contribution in [2.45, 2.75) is 12.5 Å². The molecule has 3 aromatic rings. The lowest BCUT2D eigenvalue weighted by Gasteiger charge is -2.14. The third kappa shape index (κ3) is 2.63. The monoisotopic (exact) mass is 387 g/mol. The maximum atomic E-state index is 14.9. The molecule has 0 spiro atoms. The fraction of sp³-hybridized carbons (Fsp3) is 0.118. The molecular formula is C17H11ClFN5O3. The molecule has 2 aromatic heterocycles. The van der Waals surface area contributed by atoms with Crippen LogP contribution in [-0.4, -0.2) is 35.9 Å². The van der Waals surface area contributed by atoms with Crippen LogP contribution >= 0.6 is 11.6 Å². The molecule has 1 aromatic carbocycles. The zero-order valence-corrected chi connectivity index (χ0v) is 14.4. The number of carbonyl (C=O) groups is 1. The van der Waals surface area contributed by atoms with Gasteiger partial charge in [-0.1, -0.05) is 18.2 Å². The molecule has 1 unspecified atom stereocenters. The van der Waals surface area contributed by atoms with Crippen LogP contribution in [0, 0.1) is 5.82 Å². The van der Waals surface area contributed by atoms with E-state index in [1.807, 2.05) is 0 Å². The molecule has 8 nitrogen and oxygen atoms in total. The summed E-state index contributed by atoms with van der Waals surface area (Å²) < 4.78 is 17.3. The van der Waals surface area contributed by atoms with Gasteiger partial charge in [0.1, 0.15) is 12.4 Å². The van der Waals surface area contributed by atoms with E-state index in [0.29, 0.717) is 11.3 Å². The summed E-state index contributed by atoms with van der Waals surface area (Å²) in [6, 6.07) is 4.54. The van der Waals surface area contributed by atoms with Crippen molar-refractivity contribution in [3.05, 3.63) is 64.1 Å². The predicted octanol–water partition coefficient (Wildman–Crippen LogP) is 2.33. The first-order valence-electron chi connectivity index (χ1n) is 7.77. The highest BCUT2D eigenvalue weighted by atomic mass is 35.5. The number of pyridine rings is 1. The summed E-state index contributed by atoms with van der Waals surface area (Å²) in [5.41, 5.74) is 0.783. The van der Waals surface area contributed by atoms with Crippen LogP contribution in [0.25, 0.3) is 22.4 Å². The molecule has 0 aliphatic carbocycles. The van der Waals surface area contributed by atoms with Gasteiger partial charge < -0.3 is 5.11 Å².